The molecule has 78 valence electrons. The molecule has 3 nitrogen and oxygen atoms in total. The number of hydrazine groups is 1. The Labute approximate surface area is 87.2 Å². The van der Waals surface area contributed by atoms with Crippen molar-refractivity contribution in [1.82, 2.24) is 5.43 Å². The van der Waals surface area contributed by atoms with E-state index in [-0.39, 0.29) is 17.6 Å². The molecule has 1 saturated heterocycles. The number of amides is 1. The summed E-state index contributed by atoms with van der Waals surface area (Å²) >= 11 is 0. The molecule has 0 aliphatic carbocycles. The van der Waals surface area contributed by atoms with Gasteiger partial charge in [0.1, 0.15) is 11.7 Å². The van der Waals surface area contributed by atoms with E-state index in [2.05, 4.69) is 5.43 Å². The molecule has 15 heavy (non-hydrogen) atoms. The second-order valence-electron chi connectivity index (χ2n) is 3.71. The molecule has 0 saturated carbocycles. The minimum Gasteiger partial charge on any atom is -0.269 e. The molecule has 0 aromatic heterocycles. The molecule has 1 N–H and O–H groups in total. The molecule has 1 amide bonds. The molecule has 4 heteroatoms. The van der Waals surface area contributed by atoms with Crippen LogP contribution < -0.4 is 5.43 Å². The molecule has 1 heterocycles. The third-order valence-electron chi connectivity index (χ3n) is 2.35. The van der Waals surface area contributed by atoms with E-state index in [0.29, 0.717) is 6.54 Å². The molecule has 1 aromatic carbocycles. The second kappa shape index (κ2) is 3.81. The average Bonchev–Trinajstić information content (AvgIpc) is 2.50. The number of nitrogens with zero attached hydrogens (tertiary/aromatic N) is 1. The van der Waals surface area contributed by atoms with Crippen molar-refractivity contribution in [3.63, 3.8) is 0 Å². The molecule has 0 bridgehead atoms. The molecule has 1 aromatic rings. The molecule has 1 aliphatic heterocycles. The minimum absolute atomic E-state index is 0.00157. The van der Waals surface area contributed by atoms with Gasteiger partial charge in [0.05, 0.1) is 0 Å². The molecule has 0 spiro atoms. The Morgan fingerprint density at radius 1 is 1.47 bits per heavy atom. The monoisotopic (exact) mass is 207 g/mol. The third kappa shape index (κ3) is 2.21. The lowest BCUT2D eigenvalue weighted by molar-refractivity contribution is -0.556. The van der Waals surface area contributed by atoms with Gasteiger partial charge in [-0.05, 0) is 31.2 Å². The summed E-state index contributed by atoms with van der Waals surface area (Å²) in [5.41, 5.74) is 3.58. The topological polar surface area (TPSA) is 32.1 Å². The zero-order valence-corrected chi connectivity index (χ0v) is 8.40. The molecule has 0 radical (unpaired) electrons. The number of carbonyl (C=O) groups excluding carboxylic acids is 1. The molecule has 1 fully saturated rings. The van der Waals surface area contributed by atoms with Crippen LogP contribution >= 0.6 is 0 Å². The maximum atomic E-state index is 12.6. The first kappa shape index (κ1) is 9.83. The predicted octanol–water partition coefficient (Wildman–Crippen LogP) is 0.938. The van der Waals surface area contributed by atoms with Crippen molar-refractivity contribution in [2.24, 2.45) is 5.92 Å². The van der Waals surface area contributed by atoms with Gasteiger partial charge >= 0.3 is 0 Å². The number of carbonyl (C=O) groups is 1. The second-order valence-corrected chi connectivity index (χ2v) is 3.71. The van der Waals surface area contributed by atoms with Crippen LogP contribution in [0.3, 0.4) is 0 Å². The van der Waals surface area contributed by atoms with E-state index in [4.69, 9.17) is 0 Å². The lowest BCUT2D eigenvalue weighted by Crippen LogP contribution is -2.25. The zero-order valence-electron chi connectivity index (χ0n) is 8.40. The van der Waals surface area contributed by atoms with Gasteiger partial charge in [-0.25, -0.2) is 4.39 Å². The van der Waals surface area contributed by atoms with E-state index in [1.165, 1.54) is 12.1 Å². The lowest BCUT2D eigenvalue weighted by Gasteiger charge is -1.92. The van der Waals surface area contributed by atoms with Crippen LogP contribution in [-0.4, -0.2) is 23.4 Å². The van der Waals surface area contributed by atoms with Crippen molar-refractivity contribution in [3.8, 4) is 0 Å². The summed E-state index contributed by atoms with van der Waals surface area (Å²) in [6.45, 7) is 2.52. The average molecular weight is 207 g/mol. The predicted molar refractivity (Wildman–Crippen MR) is 54.0 cm³/mol. The van der Waals surface area contributed by atoms with Gasteiger partial charge in [-0.3, -0.25) is 4.79 Å². The Morgan fingerprint density at radius 3 is 2.67 bits per heavy atom. The van der Waals surface area contributed by atoms with Crippen LogP contribution in [0.5, 0.6) is 0 Å². The largest absolute Gasteiger partial charge is 0.283 e. The fraction of sp³-hybridized carbons (Fsp3) is 0.273. The Morgan fingerprint density at radius 2 is 2.13 bits per heavy atom. The van der Waals surface area contributed by atoms with Crippen molar-refractivity contribution >= 4 is 12.1 Å². The maximum Gasteiger partial charge on any atom is 0.283 e. The molecule has 1 unspecified atom stereocenters. The first-order valence-electron chi connectivity index (χ1n) is 4.83. The summed E-state index contributed by atoms with van der Waals surface area (Å²) in [7, 11) is 0. The number of rotatable bonds is 1. The van der Waals surface area contributed by atoms with Crippen molar-refractivity contribution in [1.29, 1.82) is 0 Å². The Balaban J connectivity index is 2.17. The van der Waals surface area contributed by atoms with E-state index >= 15 is 0 Å². The Kier molecular flexibility index (Phi) is 2.49. The molecular weight excluding hydrogens is 195 g/mol. The van der Waals surface area contributed by atoms with Gasteiger partial charge in [0.25, 0.3) is 5.91 Å². The summed E-state index contributed by atoms with van der Waals surface area (Å²) in [5.74, 6) is -0.235. The highest BCUT2D eigenvalue weighted by Gasteiger charge is 2.29. The number of benzene rings is 1. The quantitative estimate of drug-likeness (QED) is 0.683. The van der Waals surface area contributed by atoms with E-state index in [0.717, 1.165) is 5.56 Å². The highest BCUT2D eigenvalue weighted by molar-refractivity contribution is 5.81. The molecular formula is C11H12FN2O+. The van der Waals surface area contributed by atoms with Gasteiger partial charge in [-0.1, -0.05) is 0 Å². The number of hydrazone groups is 1. The Bertz CT molecular complexity index is 411. The summed E-state index contributed by atoms with van der Waals surface area (Å²) in [5, 5.41) is 0. The summed E-state index contributed by atoms with van der Waals surface area (Å²) < 4.78 is 14.3. The van der Waals surface area contributed by atoms with Gasteiger partial charge in [-0.2, -0.15) is 0 Å². The first-order valence-corrected chi connectivity index (χ1v) is 4.83. The molecule has 2 rings (SSSR count). The van der Waals surface area contributed by atoms with Crippen LogP contribution in [0, 0.1) is 11.7 Å². The molecule has 1 aliphatic rings. The van der Waals surface area contributed by atoms with Crippen LogP contribution in [0.2, 0.25) is 0 Å². The number of halogens is 1. The van der Waals surface area contributed by atoms with Crippen molar-refractivity contribution in [2.45, 2.75) is 6.92 Å². The third-order valence-corrected chi connectivity index (χ3v) is 2.35. The first-order chi connectivity index (χ1) is 7.15. The van der Waals surface area contributed by atoms with Crippen LogP contribution in [0.25, 0.3) is 0 Å². The maximum absolute atomic E-state index is 12.6. The van der Waals surface area contributed by atoms with Crippen molar-refractivity contribution in [3.05, 3.63) is 35.6 Å². The highest BCUT2D eigenvalue weighted by Crippen LogP contribution is 2.04. The fourth-order valence-electron chi connectivity index (χ4n) is 1.49. The van der Waals surface area contributed by atoms with Crippen LogP contribution in [-0.2, 0) is 4.79 Å². The van der Waals surface area contributed by atoms with Crippen molar-refractivity contribution in [2.75, 3.05) is 6.54 Å². The van der Waals surface area contributed by atoms with Gasteiger partial charge in [-0.15, -0.1) is 10.1 Å². The fourth-order valence-corrected chi connectivity index (χ4v) is 1.49. The number of nitrogens with one attached hydrogen (secondary N) is 1. The van der Waals surface area contributed by atoms with E-state index < -0.39 is 0 Å². The number of hydrogen-bond acceptors (Lipinski definition) is 1. The summed E-state index contributed by atoms with van der Waals surface area (Å²) in [4.78, 5) is 11.2. The van der Waals surface area contributed by atoms with Gasteiger partial charge in [0.2, 0.25) is 6.21 Å². The summed E-state index contributed by atoms with van der Waals surface area (Å²) in [6, 6.07) is 6.13. The van der Waals surface area contributed by atoms with E-state index in [9.17, 15) is 9.18 Å². The minimum atomic E-state index is -0.258. The normalized spacial score (nSPS) is 23.2. The Hall–Kier alpha value is -1.71. The van der Waals surface area contributed by atoms with Gasteiger partial charge < -0.3 is 0 Å². The van der Waals surface area contributed by atoms with Gasteiger partial charge in [0.15, 0.2) is 6.54 Å². The van der Waals surface area contributed by atoms with Crippen LogP contribution in [0.1, 0.15) is 12.5 Å². The SMILES string of the molecule is CC1C[N+](=Cc2ccc(F)cc2)NC1=O. The highest BCUT2D eigenvalue weighted by atomic mass is 19.1. The summed E-state index contributed by atoms with van der Waals surface area (Å²) in [6.07, 6.45) is 1.79. The smallest absolute Gasteiger partial charge is 0.269 e. The van der Waals surface area contributed by atoms with E-state index in [1.807, 2.05) is 6.92 Å². The standard InChI is InChI=1S/C11H11FN2O/c1-8-6-14(13-11(8)15)7-9-2-4-10(12)5-3-9/h2-5,7-8H,6H2,1H3/p+1. The van der Waals surface area contributed by atoms with Crippen molar-refractivity contribution < 1.29 is 13.9 Å². The number of hydrogen-bond donors (Lipinski definition) is 1. The lowest BCUT2D eigenvalue weighted by atomic mass is 10.2. The van der Waals surface area contributed by atoms with Crippen LogP contribution in [0.15, 0.2) is 24.3 Å². The molecule has 1 atom stereocenters. The van der Waals surface area contributed by atoms with Crippen LogP contribution in [0.4, 0.5) is 4.39 Å². The zero-order chi connectivity index (χ0) is 10.8. The van der Waals surface area contributed by atoms with E-state index in [1.54, 1.807) is 23.0 Å². The van der Waals surface area contributed by atoms with Gasteiger partial charge in [0, 0.05) is 5.56 Å².